The SMILES string of the molecule is CC(C)CN1CCN(CC(N)Cc2ccccc2)CC1. The van der Waals surface area contributed by atoms with Gasteiger partial charge >= 0.3 is 0 Å². The predicted molar refractivity (Wildman–Crippen MR) is 85.8 cm³/mol. The minimum atomic E-state index is 0.244. The number of rotatable bonds is 6. The van der Waals surface area contributed by atoms with Crippen LogP contribution < -0.4 is 5.73 Å². The highest BCUT2D eigenvalue weighted by Crippen LogP contribution is 2.07. The lowest BCUT2D eigenvalue weighted by Gasteiger charge is -2.36. The topological polar surface area (TPSA) is 32.5 Å². The lowest BCUT2D eigenvalue weighted by Crippen LogP contribution is -2.50. The first kappa shape index (κ1) is 15.5. The summed E-state index contributed by atoms with van der Waals surface area (Å²) in [5.41, 5.74) is 7.64. The Balaban J connectivity index is 1.70. The Kier molecular flexibility index (Phi) is 6.02. The molecule has 0 aliphatic carbocycles. The quantitative estimate of drug-likeness (QED) is 0.860. The Morgan fingerprint density at radius 3 is 2.05 bits per heavy atom. The maximum absolute atomic E-state index is 6.30. The van der Waals surface area contributed by atoms with Gasteiger partial charge in [-0.05, 0) is 17.9 Å². The fraction of sp³-hybridized carbons (Fsp3) is 0.647. The fourth-order valence-electron chi connectivity index (χ4n) is 2.98. The van der Waals surface area contributed by atoms with Crippen molar-refractivity contribution in [3.63, 3.8) is 0 Å². The van der Waals surface area contributed by atoms with Gasteiger partial charge in [0.2, 0.25) is 0 Å². The lowest BCUT2D eigenvalue weighted by molar-refractivity contribution is 0.117. The van der Waals surface area contributed by atoms with Crippen LogP contribution in [-0.2, 0) is 6.42 Å². The minimum Gasteiger partial charge on any atom is -0.326 e. The molecule has 1 atom stereocenters. The van der Waals surface area contributed by atoms with Crippen LogP contribution in [0.25, 0.3) is 0 Å². The van der Waals surface area contributed by atoms with Crippen LogP contribution in [0.1, 0.15) is 19.4 Å². The highest BCUT2D eigenvalue weighted by molar-refractivity contribution is 5.15. The van der Waals surface area contributed by atoms with E-state index in [0.717, 1.165) is 32.0 Å². The summed E-state index contributed by atoms with van der Waals surface area (Å²) in [6, 6.07) is 10.8. The molecule has 0 amide bonds. The largest absolute Gasteiger partial charge is 0.326 e. The molecule has 1 saturated heterocycles. The average molecular weight is 275 g/mol. The Morgan fingerprint density at radius 1 is 0.950 bits per heavy atom. The summed E-state index contributed by atoms with van der Waals surface area (Å²) in [7, 11) is 0. The molecule has 0 spiro atoms. The molecular formula is C17H29N3. The maximum Gasteiger partial charge on any atom is 0.0208 e. The third kappa shape index (κ3) is 5.23. The molecule has 1 fully saturated rings. The number of nitrogens with zero attached hydrogens (tertiary/aromatic N) is 2. The molecule has 1 heterocycles. The van der Waals surface area contributed by atoms with Crippen LogP contribution in [0.3, 0.4) is 0 Å². The average Bonchev–Trinajstić information content (AvgIpc) is 2.41. The summed E-state index contributed by atoms with van der Waals surface area (Å²) in [5.74, 6) is 0.766. The highest BCUT2D eigenvalue weighted by Gasteiger charge is 2.19. The van der Waals surface area contributed by atoms with Gasteiger partial charge in [0, 0.05) is 45.3 Å². The summed E-state index contributed by atoms with van der Waals surface area (Å²) in [4.78, 5) is 5.09. The normalized spacial score (nSPS) is 19.4. The van der Waals surface area contributed by atoms with Crippen molar-refractivity contribution in [2.45, 2.75) is 26.3 Å². The fourth-order valence-corrected chi connectivity index (χ4v) is 2.98. The van der Waals surface area contributed by atoms with E-state index < -0.39 is 0 Å². The zero-order valence-electron chi connectivity index (χ0n) is 13.0. The van der Waals surface area contributed by atoms with E-state index >= 15 is 0 Å². The van der Waals surface area contributed by atoms with Crippen molar-refractivity contribution in [3.05, 3.63) is 35.9 Å². The standard InChI is InChI=1S/C17H29N3/c1-15(2)13-19-8-10-20(11-9-19)14-17(18)12-16-6-4-3-5-7-16/h3-7,15,17H,8-14,18H2,1-2H3. The zero-order valence-corrected chi connectivity index (χ0v) is 13.0. The van der Waals surface area contributed by atoms with Crippen LogP contribution in [0.2, 0.25) is 0 Å². The monoisotopic (exact) mass is 275 g/mol. The minimum absolute atomic E-state index is 0.244. The molecule has 0 aromatic heterocycles. The van der Waals surface area contributed by atoms with E-state index in [9.17, 15) is 0 Å². The lowest BCUT2D eigenvalue weighted by atomic mass is 10.1. The summed E-state index contributed by atoms with van der Waals surface area (Å²) < 4.78 is 0. The summed E-state index contributed by atoms with van der Waals surface area (Å²) in [6.07, 6.45) is 0.979. The number of nitrogens with two attached hydrogens (primary N) is 1. The van der Waals surface area contributed by atoms with Gasteiger partial charge in [-0.3, -0.25) is 4.90 Å². The van der Waals surface area contributed by atoms with Crippen LogP contribution in [0.4, 0.5) is 0 Å². The molecule has 0 saturated carbocycles. The molecule has 0 bridgehead atoms. The van der Waals surface area contributed by atoms with Crippen molar-refractivity contribution in [1.82, 2.24) is 9.80 Å². The Morgan fingerprint density at radius 2 is 1.50 bits per heavy atom. The second-order valence-electron chi connectivity index (χ2n) is 6.44. The number of hydrogen-bond acceptors (Lipinski definition) is 3. The van der Waals surface area contributed by atoms with Gasteiger partial charge in [0.25, 0.3) is 0 Å². The van der Waals surface area contributed by atoms with Gasteiger partial charge in [-0.25, -0.2) is 0 Å². The van der Waals surface area contributed by atoms with Crippen LogP contribution in [-0.4, -0.2) is 55.1 Å². The first-order valence-corrected chi connectivity index (χ1v) is 7.87. The first-order chi connectivity index (χ1) is 9.63. The Labute approximate surface area is 123 Å². The van der Waals surface area contributed by atoms with Gasteiger partial charge in [-0.15, -0.1) is 0 Å². The van der Waals surface area contributed by atoms with E-state index in [0.29, 0.717) is 0 Å². The first-order valence-electron chi connectivity index (χ1n) is 7.87. The van der Waals surface area contributed by atoms with E-state index in [-0.39, 0.29) is 6.04 Å². The molecule has 1 aromatic carbocycles. The van der Waals surface area contributed by atoms with Crippen molar-refractivity contribution in [2.24, 2.45) is 11.7 Å². The van der Waals surface area contributed by atoms with E-state index in [1.807, 2.05) is 0 Å². The van der Waals surface area contributed by atoms with Gasteiger partial charge in [-0.2, -0.15) is 0 Å². The van der Waals surface area contributed by atoms with Crippen molar-refractivity contribution >= 4 is 0 Å². The predicted octanol–water partition coefficient (Wildman–Crippen LogP) is 1.83. The summed E-state index contributed by atoms with van der Waals surface area (Å²) in [6.45, 7) is 11.5. The van der Waals surface area contributed by atoms with Crippen LogP contribution in [0.5, 0.6) is 0 Å². The van der Waals surface area contributed by atoms with Gasteiger partial charge in [0.05, 0.1) is 0 Å². The van der Waals surface area contributed by atoms with Gasteiger partial charge in [-0.1, -0.05) is 44.2 Å². The highest BCUT2D eigenvalue weighted by atomic mass is 15.3. The second-order valence-corrected chi connectivity index (χ2v) is 6.44. The molecule has 0 radical (unpaired) electrons. The third-order valence-corrected chi connectivity index (χ3v) is 3.92. The van der Waals surface area contributed by atoms with E-state index in [4.69, 9.17) is 5.73 Å². The molecular weight excluding hydrogens is 246 g/mol. The van der Waals surface area contributed by atoms with Crippen molar-refractivity contribution < 1.29 is 0 Å². The van der Waals surface area contributed by atoms with Crippen molar-refractivity contribution in [2.75, 3.05) is 39.3 Å². The molecule has 1 aliphatic rings. The number of hydrogen-bond donors (Lipinski definition) is 1. The molecule has 1 aliphatic heterocycles. The van der Waals surface area contributed by atoms with Gasteiger partial charge in [0.1, 0.15) is 0 Å². The summed E-state index contributed by atoms with van der Waals surface area (Å²) in [5, 5.41) is 0. The molecule has 2 rings (SSSR count). The molecule has 1 unspecified atom stereocenters. The Bertz CT molecular complexity index is 369. The smallest absolute Gasteiger partial charge is 0.0208 e. The third-order valence-electron chi connectivity index (χ3n) is 3.92. The molecule has 3 nitrogen and oxygen atoms in total. The van der Waals surface area contributed by atoms with Gasteiger partial charge in [0.15, 0.2) is 0 Å². The van der Waals surface area contributed by atoms with Crippen molar-refractivity contribution in [3.8, 4) is 0 Å². The summed E-state index contributed by atoms with van der Waals surface area (Å²) >= 11 is 0. The van der Waals surface area contributed by atoms with Crippen LogP contribution in [0.15, 0.2) is 30.3 Å². The maximum atomic E-state index is 6.30. The number of piperazine rings is 1. The molecule has 112 valence electrons. The molecule has 20 heavy (non-hydrogen) atoms. The number of benzene rings is 1. The van der Waals surface area contributed by atoms with Crippen LogP contribution >= 0.6 is 0 Å². The molecule has 2 N–H and O–H groups in total. The van der Waals surface area contributed by atoms with E-state index in [2.05, 4.69) is 54.0 Å². The second kappa shape index (κ2) is 7.77. The van der Waals surface area contributed by atoms with E-state index in [1.54, 1.807) is 0 Å². The van der Waals surface area contributed by atoms with Gasteiger partial charge < -0.3 is 10.6 Å². The van der Waals surface area contributed by atoms with Crippen LogP contribution in [0, 0.1) is 5.92 Å². The molecule has 3 heteroatoms. The zero-order chi connectivity index (χ0) is 14.4. The van der Waals surface area contributed by atoms with Crippen molar-refractivity contribution in [1.29, 1.82) is 0 Å². The van der Waals surface area contributed by atoms with E-state index in [1.165, 1.54) is 25.2 Å². The molecule has 1 aromatic rings. The Hall–Kier alpha value is -0.900.